The lowest BCUT2D eigenvalue weighted by Crippen LogP contribution is -2.19. The molecule has 0 saturated heterocycles. The Kier molecular flexibility index (Phi) is 5.88. The van der Waals surface area contributed by atoms with Gasteiger partial charge >= 0.3 is 0 Å². The van der Waals surface area contributed by atoms with E-state index >= 15 is 0 Å². The number of rotatable bonds is 7. The van der Waals surface area contributed by atoms with Gasteiger partial charge in [0, 0.05) is 17.0 Å². The van der Waals surface area contributed by atoms with E-state index in [1.54, 1.807) is 73.1 Å². The highest BCUT2D eigenvalue weighted by Crippen LogP contribution is 2.40. The maximum absolute atomic E-state index is 13.7. The zero-order valence-corrected chi connectivity index (χ0v) is 20.9. The normalized spacial score (nSPS) is 14.8. The molecule has 6 rings (SSSR count). The number of hydrogen-bond acceptors (Lipinski definition) is 6. The molecule has 1 aliphatic carbocycles. The topological polar surface area (TPSA) is 99.6 Å². The van der Waals surface area contributed by atoms with E-state index in [4.69, 9.17) is 15.5 Å². The molecule has 1 fully saturated rings. The van der Waals surface area contributed by atoms with Crippen LogP contribution in [0.5, 0.6) is 5.75 Å². The third-order valence-corrected chi connectivity index (χ3v) is 8.71. The van der Waals surface area contributed by atoms with E-state index in [0.717, 1.165) is 35.4 Å². The van der Waals surface area contributed by atoms with Gasteiger partial charge in [0.15, 0.2) is 0 Å². The van der Waals surface area contributed by atoms with Crippen molar-refractivity contribution in [2.75, 3.05) is 5.73 Å². The Bertz CT molecular complexity index is 1660. The number of fused-ring (bicyclic) bond motifs is 1. The molecule has 1 unspecified atom stereocenters. The van der Waals surface area contributed by atoms with Crippen molar-refractivity contribution < 1.29 is 13.2 Å². The van der Waals surface area contributed by atoms with Gasteiger partial charge in [-0.05, 0) is 37.1 Å². The summed E-state index contributed by atoms with van der Waals surface area (Å²) >= 11 is 0. The zero-order valence-electron chi connectivity index (χ0n) is 20.1. The molecule has 2 aromatic heterocycles. The maximum Gasteiger partial charge on any atom is 0.228 e. The number of ether oxygens (including phenoxy) is 1. The first-order valence-corrected chi connectivity index (χ1v) is 13.8. The second-order valence-electron chi connectivity index (χ2n) is 9.25. The number of benzene rings is 3. The van der Waals surface area contributed by atoms with Crippen LogP contribution in [0.1, 0.15) is 42.0 Å². The van der Waals surface area contributed by atoms with Gasteiger partial charge in [-0.15, -0.1) is 0 Å². The summed E-state index contributed by atoms with van der Waals surface area (Å²) in [5.41, 5.74) is 7.99. The lowest BCUT2D eigenvalue weighted by Gasteiger charge is -2.24. The molecule has 0 spiro atoms. The van der Waals surface area contributed by atoms with E-state index in [2.05, 4.69) is 4.98 Å². The lowest BCUT2D eigenvalue weighted by atomic mass is 9.85. The van der Waals surface area contributed by atoms with E-state index in [-0.39, 0.29) is 4.90 Å². The number of hydrogen-bond donors (Lipinski definition) is 1. The summed E-state index contributed by atoms with van der Waals surface area (Å²) in [7, 11) is -3.84. The third kappa shape index (κ3) is 4.23. The lowest BCUT2D eigenvalue weighted by molar-refractivity contribution is 0.279. The predicted molar refractivity (Wildman–Crippen MR) is 143 cm³/mol. The van der Waals surface area contributed by atoms with E-state index in [9.17, 15) is 8.42 Å². The minimum atomic E-state index is -3.84. The van der Waals surface area contributed by atoms with E-state index in [1.807, 2.05) is 28.7 Å². The van der Waals surface area contributed by atoms with Crippen LogP contribution in [0, 0.1) is 0 Å². The average molecular weight is 511 g/mol. The van der Waals surface area contributed by atoms with Crippen LogP contribution < -0.4 is 10.5 Å². The SMILES string of the molecule is Nc1cncc2c(-c3cccc(OC(c4ccccc4)S(=O)(=O)c4ccccc4)c3)nc(C3CCC3)n12. The van der Waals surface area contributed by atoms with Crippen molar-refractivity contribution in [1.29, 1.82) is 0 Å². The molecule has 3 aromatic carbocycles. The highest BCUT2D eigenvalue weighted by Gasteiger charge is 2.31. The molecule has 37 heavy (non-hydrogen) atoms. The first kappa shape index (κ1) is 23.2. The Morgan fingerprint density at radius 1 is 0.919 bits per heavy atom. The Morgan fingerprint density at radius 2 is 1.65 bits per heavy atom. The zero-order chi connectivity index (χ0) is 25.4. The van der Waals surface area contributed by atoms with Crippen molar-refractivity contribution in [2.45, 2.75) is 35.5 Å². The maximum atomic E-state index is 13.7. The number of nitrogen functional groups attached to an aromatic ring is 1. The minimum Gasteiger partial charge on any atom is -0.469 e. The highest BCUT2D eigenvalue weighted by molar-refractivity contribution is 7.91. The monoisotopic (exact) mass is 510 g/mol. The molecule has 5 aromatic rings. The van der Waals surface area contributed by atoms with Crippen LogP contribution in [-0.4, -0.2) is 22.8 Å². The summed E-state index contributed by atoms with van der Waals surface area (Å²) in [6.45, 7) is 0. The average Bonchev–Trinajstić information content (AvgIpc) is 3.28. The third-order valence-electron chi connectivity index (χ3n) is 6.85. The van der Waals surface area contributed by atoms with Crippen molar-refractivity contribution in [2.24, 2.45) is 0 Å². The Hall–Kier alpha value is -4.17. The second-order valence-corrected chi connectivity index (χ2v) is 11.2. The molecule has 2 heterocycles. The number of imidazole rings is 1. The fourth-order valence-electron chi connectivity index (χ4n) is 4.73. The van der Waals surface area contributed by atoms with Gasteiger partial charge < -0.3 is 10.5 Å². The fraction of sp³-hybridized carbons (Fsp3) is 0.172. The molecule has 0 bridgehead atoms. The van der Waals surface area contributed by atoms with Crippen LogP contribution in [0.25, 0.3) is 16.8 Å². The molecule has 8 heteroatoms. The second kappa shape index (κ2) is 9.37. The molecule has 1 aliphatic rings. The summed E-state index contributed by atoms with van der Waals surface area (Å²) in [6, 6.07) is 24.7. The molecule has 0 radical (unpaired) electrons. The number of nitrogens with zero attached hydrogens (tertiary/aromatic N) is 3. The molecule has 1 saturated carbocycles. The quantitative estimate of drug-likeness (QED) is 0.297. The first-order valence-electron chi connectivity index (χ1n) is 12.3. The minimum absolute atomic E-state index is 0.201. The molecule has 1 atom stereocenters. The number of aromatic nitrogens is 3. The van der Waals surface area contributed by atoms with Crippen LogP contribution >= 0.6 is 0 Å². The molecular formula is C29H26N4O3S. The van der Waals surface area contributed by atoms with Gasteiger partial charge in [0.25, 0.3) is 0 Å². The molecule has 0 amide bonds. The largest absolute Gasteiger partial charge is 0.469 e. The van der Waals surface area contributed by atoms with Crippen LogP contribution in [0.15, 0.2) is 102 Å². The summed E-state index contributed by atoms with van der Waals surface area (Å²) in [6.07, 6.45) is 6.75. The van der Waals surface area contributed by atoms with Crippen LogP contribution in [0.3, 0.4) is 0 Å². The van der Waals surface area contributed by atoms with Gasteiger partial charge in [-0.25, -0.2) is 13.4 Å². The van der Waals surface area contributed by atoms with Gasteiger partial charge in [0.05, 0.1) is 28.5 Å². The van der Waals surface area contributed by atoms with Crippen LogP contribution in [0.2, 0.25) is 0 Å². The summed E-state index contributed by atoms with van der Waals surface area (Å²) in [5.74, 6) is 2.28. The van der Waals surface area contributed by atoms with E-state index < -0.39 is 15.3 Å². The Labute approximate surface area is 215 Å². The molecule has 2 N–H and O–H groups in total. The molecular weight excluding hydrogens is 484 g/mol. The van der Waals surface area contributed by atoms with Gasteiger partial charge in [-0.1, -0.05) is 67.1 Å². The van der Waals surface area contributed by atoms with Gasteiger partial charge in [0.2, 0.25) is 15.3 Å². The van der Waals surface area contributed by atoms with Crippen molar-refractivity contribution in [1.82, 2.24) is 14.4 Å². The number of anilines is 1. The Morgan fingerprint density at radius 3 is 2.35 bits per heavy atom. The summed E-state index contributed by atoms with van der Waals surface area (Å²) in [5, 5.41) is 0. The van der Waals surface area contributed by atoms with Crippen LogP contribution in [-0.2, 0) is 9.84 Å². The number of sulfone groups is 1. The van der Waals surface area contributed by atoms with E-state index in [0.29, 0.717) is 23.0 Å². The Balaban J connectivity index is 1.42. The smallest absolute Gasteiger partial charge is 0.228 e. The van der Waals surface area contributed by atoms with Crippen molar-refractivity contribution in [3.05, 3.63) is 109 Å². The first-order chi connectivity index (χ1) is 18.0. The van der Waals surface area contributed by atoms with Gasteiger partial charge in [-0.2, -0.15) is 0 Å². The van der Waals surface area contributed by atoms with Gasteiger partial charge in [-0.3, -0.25) is 9.38 Å². The van der Waals surface area contributed by atoms with E-state index in [1.165, 1.54) is 6.42 Å². The summed E-state index contributed by atoms with van der Waals surface area (Å²) in [4.78, 5) is 9.48. The molecule has 186 valence electrons. The van der Waals surface area contributed by atoms with Crippen molar-refractivity contribution >= 4 is 21.2 Å². The van der Waals surface area contributed by atoms with Crippen LogP contribution in [0.4, 0.5) is 5.82 Å². The van der Waals surface area contributed by atoms with Crippen molar-refractivity contribution in [3.8, 4) is 17.0 Å². The standard InChI is InChI=1S/C29H26N4O3S/c30-26-19-31-18-25-27(32-28(33(25)26)20-11-7-12-20)22-13-8-14-23(17-22)36-29(21-9-3-1-4-10-21)37(34,35)24-15-5-2-6-16-24/h1-6,8-10,13-20,29H,7,11-12,30H2. The van der Waals surface area contributed by atoms with Crippen molar-refractivity contribution in [3.63, 3.8) is 0 Å². The molecule has 7 nitrogen and oxygen atoms in total. The molecule has 0 aliphatic heterocycles. The fourth-order valence-corrected chi connectivity index (χ4v) is 6.27. The predicted octanol–water partition coefficient (Wildman–Crippen LogP) is 5.80. The summed E-state index contributed by atoms with van der Waals surface area (Å²) < 4.78 is 35.5. The van der Waals surface area contributed by atoms with Gasteiger partial charge in [0.1, 0.15) is 17.4 Å². The highest BCUT2D eigenvalue weighted by atomic mass is 32.2. The number of nitrogens with two attached hydrogens (primary N) is 1.